The van der Waals surface area contributed by atoms with Crippen LogP contribution in [0.15, 0.2) is 53.9 Å². The lowest BCUT2D eigenvalue weighted by Gasteiger charge is -2.43. The van der Waals surface area contributed by atoms with Crippen LogP contribution in [0.5, 0.6) is 0 Å². The number of halogens is 1. The van der Waals surface area contributed by atoms with Crippen LogP contribution in [0.2, 0.25) is 5.02 Å². The number of benzene rings is 2. The second-order valence-corrected chi connectivity index (χ2v) is 9.60. The van der Waals surface area contributed by atoms with Gasteiger partial charge in [-0.25, -0.2) is 0 Å². The maximum atomic E-state index is 13.5. The van der Waals surface area contributed by atoms with Gasteiger partial charge < -0.3 is 5.32 Å². The number of nitrogens with one attached hydrogen (secondary N) is 1. The highest BCUT2D eigenvalue weighted by Crippen LogP contribution is 2.38. The Morgan fingerprint density at radius 2 is 1.97 bits per heavy atom. The minimum Gasteiger partial charge on any atom is -0.322 e. The third-order valence-electron chi connectivity index (χ3n) is 5.31. The van der Waals surface area contributed by atoms with Gasteiger partial charge >= 0.3 is 0 Å². The van der Waals surface area contributed by atoms with Gasteiger partial charge in [0.1, 0.15) is 11.9 Å². The molecule has 31 heavy (non-hydrogen) atoms. The number of hydrogen-bond donors (Lipinski definition) is 1. The summed E-state index contributed by atoms with van der Waals surface area (Å²) in [6.07, 6.45) is 1.59. The summed E-state index contributed by atoms with van der Waals surface area (Å²) in [5.41, 5.74) is 2.05. The number of rotatable bonds is 4. The summed E-state index contributed by atoms with van der Waals surface area (Å²) < 4.78 is 1.79. The molecule has 160 valence electrons. The Kier molecular flexibility index (Phi) is 5.53. The Bertz CT molecular complexity index is 1180. The van der Waals surface area contributed by atoms with Gasteiger partial charge in [-0.3, -0.25) is 19.1 Å². The number of aryl methyl sites for hydroxylation is 1. The first-order valence-corrected chi connectivity index (χ1v) is 11.0. The van der Waals surface area contributed by atoms with Gasteiger partial charge in [0, 0.05) is 5.02 Å². The number of para-hydroxylation sites is 2. The van der Waals surface area contributed by atoms with Crippen molar-refractivity contribution in [1.82, 2.24) is 14.8 Å². The fourth-order valence-electron chi connectivity index (χ4n) is 3.45. The van der Waals surface area contributed by atoms with E-state index >= 15 is 0 Å². The van der Waals surface area contributed by atoms with Crippen LogP contribution in [0, 0.1) is 6.92 Å². The molecule has 2 amide bonds. The van der Waals surface area contributed by atoms with Crippen molar-refractivity contribution in [2.45, 2.75) is 43.6 Å². The average Bonchev–Trinajstić information content (AvgIpc) is 3.18. The molecule has 2 heterocycles. The summed E-state index contributed by atoms with van der Waals surface area (Å²) in [6.45, 7) is 7.22. The molecule has 0 saturated carbocycles. The molecular formula is C22H22ClN5O2S. The Balaban J connectivity index is 1.64. The first kappa shape index (κ1) is 21.4. The predicted octanol–water partition coefficient (Wildman–Crippen LogP) is 4.47. The third kappa shape index (κ3) is 3.81. The summed E-state index contributed by atoms with van der Waals surface area (Å²) in [5, 5.41) is 11.8. The highest BCUT2D eigenvalue weighted by atomic mass is 35.5. The number of fused-ring (bicyclic) bond motifs is 1. The smallest absolute Gasteiger partial charge is 0.250 e. The SMILES string of the molecule is Cc1ccc(-n2cnnc2S[C@@H](C)C(=O)N2c3ccccc3NC(=O)C2(C)C)cc1Cl. The van der Waals surface area contributed by atoms with Gasteiger partial charge in [0.25, 0.3) is 0 Å². The van der Waals surface area contributed by atoms with Crippen LogP contribution >= 0.6 is 23.4 Å². The first-order chi connectivity index (χ1) is 14.7. The highest BCUT2D eigenvalue weighted by Gasteiger charge is 2.45. The fraction of sp³-hybridized carbons (Fsp3) is 0.273. The molecule has 2 aromatic carbocycles. The van der Waals surface area contributed by atoms with Crippen LogP contribution < -0.4 is 10.2 Å². The monoisotopic (exact) mass is 455 g/mol. The quantitative estimate of drug-likeness (QED) is 0.587. The van der Waals surface area contributed by atoms with Gasteiger partial charge in [0.05, 0.1) is 22.3 Å². The van der Waals surface area contributed by atoms with Gasteiger partial charge in [-0.05, 0) is 57.5 Å². The zero-order chi connectivity index (χ0) is 22.3. The van der Waals surface area contributed by atoms with E-state index in [2.05, 4.69) is 15.5 Å². The molecular weight excluding hydrogens is 434 g/mol. The van der Waals surface area contributed by atoms with E-state index in [0.717, 1.165) is 11.3 Å². The molecule has 0 saturated heterocycles. The van der Waals surface area contributed by atoms with E-state index in [9.17, 15) is 9.59 Å². The van der Waals surface area contributed by atoms with E-state index in [1.807, 2.05) is 43.3 Å². The molecule has 1 N–H and O–H groups in total. The number of aromatic nitrogens is 3. The van der Waals surface area contributed by atoms with Crippen molar-refractivity contribution in [1.29, 1.82) is 0 Å². The summed E-state index contributed by atoms with van der Waals surface area (Å²) in [4.78, 5) is 27.8. The van der Waals surface area contributed by atoms with Gasteiger partial charge in [0.2, 0.25) is 11.8 Å². The summed E-state index contributed by atoms with van der Waals surface area (Å²) >= 11 is 7.56. The van der Waals surface area contributed by atoms with Crippen molar-refractivity contribution in [2.24, 2.45) is 0 Å². The second kappa shape index (κ2) is 8.01. The maximum absolute atomic E-state index is 13.5. The summed E-state index contributed by atoms with van der Waals surface area (Å²) in [6, 6.07) is 13.0. The number of carbonyl (C=O) groups is 2. The molecule has 1 aliphatic heterocycles. The van der Waals surface area contributed by atoms with Gasteiger partial charge in [0.15, 0.2) is 5.16 Å². The maximum Gasteiger partial charge on any atom is 0.250 e. The molecule has 3 aromatic rings. The Hall–Kier alpha value is -2.84. The van der Waals surface area contributed by atoms with Crippen molar-refractivity contribution in [3.63, 3.8) is 0 Å². The van der Waals surface area contributed by atoms with E-state index in [1.165, 1.54) is 11.8 Å². The third-order valence-corrected chi connectivity index (χ3v) is 6.76. The number of hydrogen-bond acceptors (Lipinski definition) is 5. The number of nitrogens with zero attached hydrogens (tertiary/aromatic N) is 4. The van der Waals surface area contributed by atoms with Crippen molar-refractivity contribution >= 4 is 46.6 Å². The molecule has 4 rings (SSSR count). The largest absolute Gasteiger partial charge is 0.322 e. The zero-order valence-corrected chi connectivity index (χ0v) is 19.2. The predicted molar refractivity (Wildman–Crippen MR) is 123 cm³/mol. The Morgan fingerprint density at radius 3 is 2.71 bits per heavy atom. The Labute approximate surface area is 189 Å². The van der Waals surface area contributed by atoms with Gasteiger partial charge in [-0.2, -0.15) is 0 Å². The molecule has 9 heteroatoms. The lowest BCUT2D eigenvalue weighted by Crippen LogP contribution is -2.60. The van der Waals surface area contributed by atoms with Crippen LogP contribution in [0.1, 0.15) is 26.3 Å². The van der Waals surface area contributed by atoms with Crippen LogP contribution in [-0.2, 0) is 9.59 Å². The van der Waals surface area contributed by atoms with Crippen molar-refractivity contribution in [3.05, 3.63) is 59.4 Å². The minimum atomic E-state index is -1.03. The van der Waals surface area contributed by atoms with E-state index in [-0.39, 0.29) is 11.8 Å². The van der Waals surface area contributed by atoms with Crippen molar-refractivity contribution in [2.75, 3.05) is 10.2 Å². The molecule has 0 fully saturated rings. The van der Waals surface area contributed by atoms with E-state index in [1.54, 1.807) is 42.6 Å². The molecule has 0 unspecified atom stereocenters. The topological polar surface area (TPSA) is 80.1 Å². The van der Waals surface area contributed by atoms with E-state index < -0.39 is 10.8 Å². The standard InChI is InChI=1S/C22H22ClN5O2S/c1-13-9-10-15(11-16(13)23)27-12-24-26-21(27)31-14(2)19(29)28-18-8-6-5-7-17(18)25-20(30)22(28,3)4/h5-12,14H,1-4H3,(H,25,30)/t14-/m0/s1. The lowest BCUT2D eigenvalue weighted by atomic mass is 9.96. The molecule has 0 aliphatic carbocycles. The molecule has 7 nitrogen and oxygen atoms in total. The average molecular weight is 456 g/mol. The molecule has 1 aliphatic rings. The normalized spacial score (nSPS) is 15.9. The molecule has 1 aromatic heterocycles. The summed E-state index contributed by atoms with van der Waals surface area (Å²) in [7, 11) is 0. The summed E-state index contributed by atoms with van der Waals surface area (Å²) in [5.74, 6) is -0.414. The molecule has 0 bridgehead atoms. The molecule has 0 spiro atoms. The van der Waals surface area contributed by atoms with Gasteiger partial charge in [-0.15, -0.1) is 10.2 Å². The van der Waals surface area contributed by atoms with E-state index in [4.69, 9.17) is 11.6 Å². The van der Waals surface area contributed by atoms with Gasteiger partial charge in [-0.1, -0.05) is 41.6 Å². The number of thioether (sulfide) groups is 1. The highest BCUT2D eigenvalue weighted by molar-refractivity contribution is 8.00. The fourth-order valence-corrected chi connectivity index (χ4v) is 4.51. The second-order valence-electron chi connectivity index (χ2n) is 7.88. The number of anilines is 2. The lowest BCUT2D eigenvalue weighted by molar-refractivity contribution is -0.126. The van der Waals surface area contributed by atoms with E-state index in [0.29, 0.717) is 21.6 Å². The van der Waals surface area contributed by atoms with Crippen LogP contribution in [0.3, 0.4) is 0 Å². The number of carbonyl (C=O) groups excluding carboxylic acids is 2. The molecule has 1 atom stereocenters. The minimum absolute atomic E-state index is 0.186. The van der Waals surface area contributed by atoms with Crippen LogP contribution in [0.25, 0.3) is 5.69 Å². The van der Waals surface area contributed by atoms with Crippen LogP contribution in [0.4, 0.5) is 11.4 Å². The van der Waals surface area contributed by atoms with Crippen molar-refractivity contribution in [3.8, 4) is 5.69 Å². The van der Waals surface area contributed by atoms with Crippen molar-refractivity contribution < 1.29 is 9.59 Å². The first-order valence-electron chi connectivity index (χ1n) is 9.78. The van der Waals surface area contributed by atoms with Crippen LogP contribution in [-0.4, -0.2) is 37.4 Å². The Morgan fingerprint density at radius 1 is 1.23 bits per heavy atom. The zero-order valence-electron chi connectivity index (χ0n) is 17.6. The number of amides is 2. The molecule has 0 radical (unpaired) electrons.